The molecule has 0 saturated carbocycles. The number of aromatic amines is 1. The average molecular weight is 399 g/mol. The molecule has 1 atom stereocenters. The Morgan fingerprint density at radius 2 is 1.87 bits per heavy atom. The maximum Gasteiger partial charge on any atom is 0.274 e. The summed E-state index contributed by atoms with van der Waals surface area (Å²) in [6.07, 6.45) is 6.00. The van der Waals surface area contributed by atoms with Crippen molar-refractivity contribution >= 4 is 12.0 Å². The van der Waals surface area contributed by atoms with Gasteiger partial charge in [-0.05, 0) is 29.7 Å². The fourth-order valence-corrected chi connectivity index (χ4v) is 4.57. The van der Waals surface area contributed by atoms with E-state index >= 15 is 0 Å². The third kappa shape index (κ3) is 2.49. The van der Waals surface area contributed by atoms with Gasteiger partial charge in [-0.25, -0.2) is 0 Å². The van der Waals surface area contributed by atoms with Gasteiger partial charge in [0.15, 0.2) is 17.2 Å². The zero-order valence-corrected chi connectivity index (χ0v) is 16.4. The molecule has 2 aliphatic heterocycles. The standard InChI is InChI=1S/C24H21N3O3/c28-23(27-11-4-12-27)22-18-9-10-24(14-19(18)25-26-22,16-5-2-1-3-6-16)17-7-8-20-21(13-17)30-15-29-20/h1-3,5-10,13H,4,11-12,14-15H2,(H,25,26). The van der Waals surface area contributed by atoms with Crippen LogP contribution in [0.4, 0.5) is 0 Å². The molecule has 30 heavy (non-hydrogen) atoms. The summed E-state index contributed by atoms with van der Waals surface area (Å²) in [5.41, 5.74) is 4.30. The predicted molar refractivity (Wildman–Crippen MR) is 112 cm³/mol. The molecule has 0 radical (unpaired) electrons. The maximum atomic E-state index is 12.8. The Morgan fingerprint density at radius 3 is 2.67 bits per heavy atom. The van der Waals surface area contributed by atoms with Gasteiger partial charge < -0.3 is 14.4 Å². The number of benzene rings is 2. The van der Waals surface area contributed by atoms with Gasteiger partial charge in [-0.1, -0.05) is 48.6 Å². The zero-order valence-electron chi connectivity index (χ0n) is 16.4. The quantitative estimate of drug-likeness (QED) is 0.732. The smallest absolute Gasteiger partial charge is 0.274 e. The molecule has 1 aromatic heterocycles. The Bertz CT molecular complexity index is 1160. The van der Waals surface area contributed by atoms with Crippen molar-refractivity contribution in [3.05, 3.63) is 82.7 Å². The van der Waals surface area contributed by atoms with Crippen LogP contribution in [0.1, 0.15) is 39.3 Å². The number of carbonyl (C=O) groups excluding carboxylic acids is 1. The molecular formula is C24H21N3O3. The largest absolute Gasteiger partial charge is 0.454 e. The number of allylic oxidation sites excluding steroid dienone is 1. The van der Waals surface area contributed by atoms with E-state index in [2.05, 4.69) is 52.7 Å². The summed E-state index contributed by atoms with van der Waals surface area (Å²) >= 11 is 0. The highest BCUT2D eigenvalue weighted by Crippen LogP contribution is 2.45. The zero-order chi connectivity index (χ0) is 20.1. The number of nitrogens with one attached hydrogen (secondary N) is 1. The second kappa shape index (κ2) is 6.49. The first kappa shape index (κ1) is 17.3. The van der Waals surface area contributed by atoms with E-state index in [4.69, 9.17) is 9.47 Å². The summed E-state index contributed by atoms with van der Waals surface area (Å²) in [7, 11) is 0. The highest BCUT2D eigenvalue weighted by Gasteiger charge is 2.38. The van der Waals surface area contributed by atoms with Crippen LogP contribution in [0, 0.1) is 0 Å². The number of likely N-dealkylation sites (tertiary alicyclic amines) is 1. The van der Waals surface area contributed by atoms with E-state index in [9.17, 15) is 4.79 Å². The van der Waals surface area contributed by atoms with Crippen molar-refractivity contribution in [2.45, 2.75) is 18.3 Å². The molecule has 1 unspecified atom stereocenters. The molecule has 6 heteroatoms. The van der Waals surface area contributed by atoms with Gasteiger partial charge in [0.25, 0.3) is 5.91 Å². The highest BCUT2D eigenvalue weighted by molar-refractivity contribution is 5.97. The number of amides is 1. The SMILES string of the molecule is O=C(c1n[nH]c2c1C=CC(c1ccccc1)(c1ccc3c(c1)OCO3)C2)N1CCC1. The monoisotopic (exact) mass is 399 g/mol. The van der Waals surface area contributed by atoms with E-state index in [0.29, 0.717) is 12.1 Å². The van der Waals surface area contributed by atoms with Gasteiger partial charge in [-0.2, -0.15) is 5.10 Å². The highest BCUT2D eigenvalue weighted by atomic mass is 16.7. The molecule has 3 aromatic rings. The van der Waals surface area contributed by atoms with Gasteiger partial charge in [0.05, 0.1) is 0 Å². The van der Waals surface area contributed by atoms with Crippen LogP contribution in [0.25, 0.3) is 6.08 Å². The fraction of sp³-hybridized carbons (Fsp3) is 0.250. The summed E-state index contributed by atoms with van der Waals surface area (Å²) < 4.78 is 11.1. The van der Waals surface area contributed by atoms with E-state index in [-0.39, 0.29) is 12.7 Å². The molecule has 2 aromatic carbocycles. The molecule has 1 saturated heterocycles. The van der Waals surface area contributed by atoms with Crippen molar-refractivity contribution in [2.75, 3.05) is 19.9 Å². The van der Waals surface area contributed by atoms with Crippen molar-refractivity contribution in [2.24, 2.45) is 0 Å². The minimum atomic E-state index is -0.390. The van der Waals surface area contributed by atoms with E-state index in [1.54, 1.807) is 0 Å². The first-order valence-electron chi connectivity index (χ1n) is 10.3. The van der Waals surface area contributed by atoms with E-state index < -0.39 is 5.41 Å². The first-order valence-corrected chi connectivity index (χ1v) is 10.3. The van der Waals surface area contributed by atoms with Gasteiger partial charge >= 0.3 is 0 Å². The number of fused-ring (bicyclic) bond motifs is 2. The summed E-state index contributed by atoms with van der Waals surface area (Å²) in [6.45, 7) is 1.88. The second-order valence-corrected chi connectivity index (χ2v) is 8.03. The maximum absolute atomic E-state index is 12.8. The van der Waals surface area contributed by atoms with E-state index in [0.717, 1.165) is 47.8 Å². The van der Waals surface area contributed by atoms with Crippen LogP contribution in [-0.4, -0.2) is 40.9 Å². The van der Waals surface area contributed by atoms with Crippen molar-refractivity contribution in [1.82, 2.24) is 15.1 Å². The molecular weight excluding hydrogens is 378 g/mol. The summed E-state index contributed by atoms with van der Waals surface area (Å²) in [4.78, 5) is 14.6. The van der Waals surface area contributed by atoms with Crippen LogP contribution in [0.15, 0.2) is 54.6 Å². The lowest BCUT2D eigenvalue weighted by atomic mass is 9.68. The van der Waals surface area contributed by atoms with Crippen LogP contribution in [0.2, 0.25) is 0 Å². The van der Waals surface area contributed by atoms with Crippen LogP contribution < -0.4 is 9.47 Å². The van der Waals surface area contributed by atoms with Crippen molar-refractivity contribution < 1.29 is 14.3 Å². The predicted octanol–water partition coefficient (Wildman–Crippen LogP) is 3.54. The average Bonchev–Trinajstić information content (AvgIpc) is 3.38. The van der Waals surface area contributed by atoms with Crippen LogP contribution in [0.3, 0.4) is 0 Å². The minimum absolute atomic E-state index is 0.0127. The molecule has 6 nitrogen and oxygen atoms in total. The van der Waals surface area contributed by atoms with Gasteiger partial charge in [0.1, 0.15) is 0 Å². The molecule has 1 fully saturated rings. The summed E-state index contributed by atoms with van der Waals surface area (Å²) in [6, 6.07) is 16.5. The minimum Gasteiger partial charge on any atom is -0.454 e. The fourth-order valence-electron chi connectivity index (χ4n) is 4.57. The van der Waals surface area contributed by atoms with Gasteiger partial charge in [-0.3, -0.25) is 9.89 Å². The van der Waals surface area contributed by atoms with Gasteiger partial charge in [-0.15, -0.1) is 0 Å². The Kier molecular flexibility index (Phi) is 3.75. The molecule has 0 bridgehead atoms. The molecule has 0 spiro atoms. The number of H-pyrrole nitrogens is 1. The van der Waals surface area contributed by atoms with E-state index in [1.165, 1.54) is 5.56 Å². The molecule has 150 valence electrons. The Hall–Kier alpha value is -3.54. The number of aromatic nitrogens is 2. The van der Waals surface area contributed by atoms with Gasteiger partial charge in [0, 0.05) is 36.2 Å². The number of rotatable bonds is 3. The Labute approximate surface area is 174 Å². The Morgan fingerprint density at radius 1 is 1.03 bits per heavy atom. The number of nitrogens with zero attached hydrogens (tertiary/aromatic N) is 2. The van der Waals surface area contributed by atoms with Crippen LogP contribution in [0.5, 0.6) is 11.5 Å². The van der Waals surface area contributed by atoms with Crippen molar-refractivity contribution in [3.63, 3.8) is 0 Å². The third-order valence-corrected chi connectivity index (χ3v) is 6.40. The number of carbonyl (C=O) groups is 1. The van der Waals surface area contributed by atoms with Crippen molar-refractivity contribution in [3.8, 4) is 11.5 Å². The molecule has 3 heterocycles. The molecule has 3 aliphatic rings. The van der Waals surface area contributed by atoms with Crippen LogP contribution >= 0.6 is 0 Å². The number of hydrogen-bond donors (Lipinski definition) is 1. The molecule has 1 aliphatic carbocycles. The third-order valence-electron chi connectivity index (χ3n) is 6.40. The van der Waals surface area contributed by atoms with E-state index in [1.807, 2.05) is 23.1 Å². The van der Waals surface area contributed by atoms with Crippen molar-refractivity contribution in [1.29, 1.82) is 0 Å². The Balaban J connectivity index is 1.46. The lowest BCUT2D eigenvalue weighted by Crippen LogP contribution is -2.42. The normalized spacial score (nSPS) is 21.3. The molecule has 1 N–H and O–H groups in total. The summed E-state index contributed by atoms with van der Waals surface area (Å²) in [5.74, 6) is 1.55. The lowest BCUT2D eigenvalue weighted by Gasteiger charge is -2.35. The topological polar surface area (TPSA) is 67.5 Å². The molecule has 6 rings (SSSR count). The number of hydrogen-bond acceptors (Lipinski definition) is 4. The van der Waals surface area contributed by atoms with Crippen LogP contribution in [-0.2, 0) is 11.8 Å². The molecule has 1 amide bonds. The summed E-state index contributed by atoms with van der Waals surface area (Å²) in [5, 5.41) is 7.55. The number of ether oxygens (including phenoxy) is 2. The first-order chi connectivity index (χ1) is 14.7. The second-order valence-electron chi connectivity index (χ2n) is 8.03. The van der Waals surface area contributed by atoms with Gasteiger partial charge in [0.2, 0.25) is 6.79 Å². The lowest BCUT2D eigenvalue weighted by molar-refractivity contribution is 0.0645.